The van der Waals surface area contributed by atoms with Gasteiger partial charge in [0.1, 0.15) is 11.5 Å². The van der Waals surface area contributed by atoms with Gasteiger partial charge in [-0.2, -0.15) is 0 Å². The van der Waals surface area contributed by atoms with Gasteiger partial charge >= 0.3 is 0 Å². The monoisotopic (exact) mass is 318 g/mol. The first-order valence-electron chi connectivity index (χ1n) is 7.67. The van der Waals surface area contributed by atoms with Crippen LogP contribution in [-0.4, -0.2) is 5.91 Å². The standard InChI is InChI=1S/C20H18N2O2/c21-19-9-5-4-8-18(19)20(23)22-14-15-10-12-17(13-11-15)24-16-6-2-1-3-7-16/h1-13H,14,21H2,(H,22,23). The van der Waals surface area contributed by atoms with E-state index in [2.05, 4.69) is 5.32 Å². The van der Waals surface area contributed by atoms with E-state index >= 15 is 0 Å². The first-order chi connectivity index (χ1) is 11.7. The van der Waals surface area contributed by atoms with Crippen LogP contribution in [0, 0.1) is 0 Å². The molecule has 3 aromatic carbocycles. The minimum absolute atomic E-state index is 0.183. The Morgan fingerprint density at radius 3 is 2.17 bits per heavy atom. The number of anilines is 1. The number of carbonyl (C=O) groups is 1. The van der Waals surface area contributed by atoms with Crippen molar-refractivity contribution in [2.75, 3.05) is 5.73 Å². The zero-order valence-corrected chi connectivity index (χ0v) is 13.1. The zero-order chi connectivity index (χ0) is 16.8. The van der Waals surface area contributed by atoms with Gasteiger partial charge in [-0.15, -0.1) is 0 Å². The maximum Gasteiger partial charge on any atom is 0.253 e. The maximum absolute atomic E-state index is 12.1. The second-order valence-corrected chi connectivity index (χ2v) is 5.33. The van der Waals surface area contributed by atoms with Gasteiger partial charge in [0.25, 0.3) is 5.91 Å². The van der Waals surface area contributed by atoms with Crippen LogP contribution in [0.1, 0.15) is 15.9 Å². The quantitative estimate of drug-likeness (QED) is 0.699. The highest BCUT2D eigenvalue weighted by Gasteiger charge is 2.08. The number of nitrogens with one attached hydrogen (secondary N) is 1. The summed E-state index contributed by atoms with van der Waals surface area (Å²) in [4.78, 5) is 12.1. The third kappa shape index (κ3) is 3.93. The van der Waals surface area contributed by atoms with Gasteiger partial charge in [-0.1, -0.05) is 42.5 Å². The molecule has 0 heterocycles. The molecule has 3 aromatic rings. The van der Waals surface area contributed by atoms with E-state index < -0.39 is 0 Å². The Balaban J connectivity index is 1.58. The summed E-state index contributed by atoms with van der Waals surface area (Å²) in [5, 5.41) is 2.87. The van der Waals surface area contributed by atoms with E-state index in [4.69, 9.17) is 10.5 Å². The number of hydrogen-bond acceptors (Lipinski definition) is 3. The van der Waals surface area contributed by atoms with Crippen LogP contribution in [0.5, 0.6) is 11.5 Å². The predicted octanol–water partition coefficient (Wildman–Crippen LogP) is 3.99. The van der Waals surface area contributed by atoms with E-state index in [1.165, 1.54) is 0 Å². The lowest BCUT2D eigenvalue weighted by atomic mass is 10.1. The number of carbonyl (C=O) groups excluding carboxylic acids is 1. The number of nitrogens with two attached hydrogens (primary N) is 1. The fourth-order valence-corrected chi connectivity index (χ4v) is 2.28. The summed E-state index contributed by atoms with van der Waals surface area (Å²) in [5.74, 6) is 1.36. The normalized spacial score (nSPS) is 10.2. The van der Waals surface area contributed by atoms with E-state index in [1.54, 1.807) is 24.3 Å². The number of rotatable bonds is 5. The summed E-state index contributed by atoms with van der Waals surface area (Å²) in [6, 6.07) is 24.2. The highest BCUT2D eigenvalue weighted by molar-refractivity contribution is 5.98. The van der Waals surface area contributed by atoms with Crippen molar-refractivity contribution in [3.63, 3.8) is 0 Å². The lowest BCUT2D eigenvalue weighted by Crippen LogP contribution is -2.23. The third-order valence-corrected chi connectivity index (χ3v) is 3.56. The molecule has 0 aromatic heterocycles. The smallest absolute Gasteiger partial charge is 0.253 e. The molecule has 0 fully saturated rings. The molecule has 1 amide bonds. The number of para-hydroxylation sites is 2. The second-order valence-electron chi connectivity index (χ2n) is 5.33. The van der Waals surface area contributed by atoms with Crippen LogP contribution in [0.15, 0.2) is 78.9 Å². The molecule has 0 saturated carbocycles. The summed E-state index contributed by atoms with van der Waals surface area (Å²) < 4.78 is 5.74. The molecule has 0 aliphatic carbocycles. The van der Waals surface area contributed by atoms with Crippen molar-refractivity contribution in [3.8, 4) is 11.5 Å². The molecular weight excluding hydrogens is 300 g/mol. The fourth-order valence-electron chi connectivity index (χ4n) is 2.28. The largest absolute Gasteiger partial charge is 0.457 e. The Labute approximate surface area is 140 Å². The Bertz CT molecular complexity index is 815. The van der Waals surface area contributed by atoms with Crippen molar-refractivity contribution in [2.24, 2.45) is 0 Å². The Hall–Kier alpha value is -3.27. The molecule has 3 N–H and O–H groups in total. The van der Waals surface area contributed by atoms with Crippen molar-refractivity contribution in [1.29, 1.82) is 0 Å². The maximum atomic E-state index is 12.1. The van der Waals surface area contributed by atoms with Crippen LogP contribution in [-0.2, 0) is 6.54 Å². The SMILES string of the molecule is Nc1ccccc1C(=O)NCc1ccc(Oc2ccccc2)cc1. The average molecular weight is 318 g/mol. The number of amides is 1. The molecule has 0 aliphatic rings. The van der Waals surface area contributed by atoms with Crippen LogP contribution in [0.25, 0.3) is 0 Å². The van der Waals surface area contributed by atoms with Gasteiger partial charge in [0.2, 0.25) is 0 Å². The van der Waals surface area contributed by atoms with E-state index in [0.29, 0.717) is 17.8 Å². The summed E-state index contributed by atoms with van der Waals surface area (Å²) in [6.45, 7) is 0.429. The van der Waals surface area contributed by atoms with Gasteiger partial charge in [0, 0.05) is 12.2 Å². The number of benzene rings is 3. The van der Waals surface area contributed by atoms with Gasteiger partial charge in [-0.25, -0.2) is 0 Å². The zero-order valence-electron chi connectivity index (χ0n) is 13.1. The summed E-state index contributed by atoms with van der Waals surface area (Å²) in [5.41, 5.74) is 7.75. The van der Waals surface area contributed by atoms with Crippen molar-refractivity contribution in [3.05, 3.63) is 90.0 Å². The molecule has 0 saturated heterocycles. The van der Waals surface area contributed by atoms with E-state index in [0.717, 1.165) is 17.1 Å². The molecule has 0 aliphatic heterocycles. The Morgan fingerprint density at radius 1 is 0.833 bits per heavy atom. The molecule has 120 valence electrons. The van der Waals surface area contributed by atoms with Crippen LogP contribution in [0.2, 0.25) is 0 Å². The highest BCUT2D eigenvalue weighted by Crippen LogP contribution is 2.21. The lowest BCUT2D eigenvalue weighted by Gasteiger charge is -2.09. The number of nitrogen functional groups attached to an aromatic ring is 1. The Kier molecular flexibility index (Phi) is 4.77. The molecule has 3 rings (SSSR count). The van der Waals surface area contributed by atoms with Crippen molar-refractivity contribution in [1.82, 2.24) is 5.32 Å². The van der Waals surface area contributed by atoms with Crippen molar-refractivity contribution in [2.45, 2.75) is 6.54 Å². The molecule has 0 radical (unpaired) electrons. The molecule has 0 atom stereocenters. The third-order valence-electron chi connectivity index (χ3n) is 3.56. The van der Waals surface area contributed by atoms with E-state index in [9.17, 15) is 4.79 Å². The fraction of sp³-hybridized carbons (Fsp3) is 0.0500. The van der Waals surface area contributed by atoms with Crippen molar-refractivity contribution >= 4 is 11.6 Å². The second kappa shape index (κ2) is 7.33. The Morgan fingerprint density at radius 2 is 1.46 bits per heavy atom. The van der Waals surface area contributed by atoms with Crippen LogP contribution >= 0.6 is 0 Å². The first kappa shape index (κ1) is 15.6. The minimum atomic E-state index is -0.183. The van der Waals surface area contributed by atoms with Crippen LogP contribution < -0.4 is 15.8 Å². The number of hydrogen-bond donors (Lipinski definition) is 2. The first-order valence-corrected chi connectivity index (χ1v) is 7.67. The molecule has 4 nitrogen and oxygen atoms in total. The van der Waals surface area contributed by atoms with Gasteiger partial charge in [0.05, 0.1) is 5.56 Å². The van der Waals surface area contributed by atoms with E-state index in [-0.39, 0.29) is 5.91 Å². The minimum Gasteiger partial charge on any atom is -0.457 e. The molecule has 4 heteroatoms. The average Bonchev–Trinajstić information content (AvgIpc) is 2.62. The topological polar surface area (TPSA) is 64.4 Å². The van der Waals surface area contributed by atoms with Crippen LogP contribution in [0.3, 0.4) is 0 Å². The predicted molar refractivity (Wildman–Crippen MR) is 95.0 cm³/mol. The number of ether oxygens (including phenoxy) is 1. The summed E-state index contributed by atoms with van der Waals surface area (Å²) in [7, 11) is 0. The van der Waals surface area contributed by atoms with Crippen molar-refractivity contribution < 1.29 is 9.53 Å². The van der Waals surface area contributed by atoms with Gasteiger partial charge in [-0.05, 0) is 42.0 Å². The summed E-state index contributed by atoms with van der Waals surface area (Å²) >= 11 is 0. The van der Waals surface area contributed by atoms with Gasteiger partial charge < -0.3 is 15.8 Å². The highest BCUT2D eigenvalue weighted by atomic mass is 16.5. The van der Waals surface area contributed by atoms with Crippen LogP contribution in [0.4, 0.5) is 5.69 Å². The van der Waals surface area contributed by atoms with E-state index in [1.807, 2.05) is 54.6 Å². The molecule has 0 spiro atoms. The molecule has 0 unspecified atom stereocenters. The molecular formula is C20H18N2O2. The van der Waals surface area contributed by atoms with Gasteiger partial charge in [0.15, 0.2) is 0 Å². The summed E-state index contributed by atoms with van der Waals surface area (Å²) in [6.07, 6.45) is 0. The lowest BCUT2D eigenvalue weighted by molar-refractivity contribution is 0.0952. The molecule has 0 bridgehead atoms. The van der Waals surface area contributed by atoms with Gasteiger partial charge in [-0.3, -0.25) is 4.79 Å². The molecule has 24 heavy (non-hydrogen) atoms.